The van der Waals surface area contributed by atoms with Gasteiger partial charge in [-0.1, -0.05) is 38.2 Å². The van der Waals surface area contributed by atoms with Crippen LogP contribution in [0.3, 0.4) is 0 Å². The Balaban J connectivity index is 2.58. The van der Waals surface area contributed by atoms with Crippen LogP contribution in [0.4, 0.5) is 0 Å². The second kappa shape index (κ2) is 17.0. The molecule has 0 N–H and O–H groups in total. The molecule has 0 saturated carbocycles. The Hall–Kier alpha value is -0.610. The average molecular weight is 539 g/mol. The van der Waals surface area contributed by atoms with E-state index >= 15 is 0 Å². The van der Waals surface area contributed by atoms with Gasteiger partial charge < -0.3 is 23.3 Å². The Morgan fingerprint density at radius 2 is 1.76 bits per heavy atom. The molecule has 1 fully saturated rings. The third-order valence-corrected chi connectivity index (χ3v) is 9.60. The molecule has 1 rings (SSSR count). The van der Waals surface area contributed by atoms with E-state index in [0.717, 1.165) is 0 Å². The summed E-state index contributed by atoms with van der Waals surface area (Å²) in [4.78, 5) is 24.8. The number of Topliss-reactive ketones (excluding diaryl/α,β-unsaturated/α-hetero) is 1. The van der Waals surface area contributed by atoms with Crippen molar-refractivity contribution < 1.29 is 37.4 Å². The molecule has 1 saturated heterocycles. The molecule has 0 aromatic rings. The molecule has 0 radical (unpaired) electrons. The molecule has 0 aromatic heterocycles. The van der Waals surface area contributed by atoms with Gasteiger partial charge in [0, 0.05) is 18.6 Å². The van der Waals surface area contributed by atoms with Gasteiger partial charge in [0.25, 0.3) is 0 Å². The maximum atomic E-state index is 12.7. The molecule has 0 unspecified atom stereocenters. The third-order valence-electron chi connectivity index (χ3n) is 4.72. The molecule has 0 aliphatic carbocycles. The van der Waals surface area contributed by atoms with Crippen molar-refractivity contribution in [2.24, 2.45) is 5.41 Å². The summed E-state index contributed by atoms with van der Waals surface area (Å²) in [6.07, 6.45) is 8.22. The van der Waals surface area contributed by atoms with Crippen LogP contribution < -0.4 is 0 Å². The quantitative estimate of drug-likeness (QED) is 0.102. The Bertz CT molecular complexity index is 710. The predicted octanol–water partition coefficient (Wildman–Crippen LogP) is 5.08. The third kappa shape index (κ3) is 13.5. The van der Waals surface area contributed by atoms with Gasteiger partial charge in [-0.25, -0.2) is 0 Å². The van der Waals surface area contributed by atoms with Crippen LogP contribution in [0.2, 0.25) is 0 Å². The van der Waals surface area contributed by atoms with Crippen LogP contribution in [0.15, 0.2) is 24.3 Å². The lowest BCUT2D eigenvalue weighted by atomic mass is 9.85. The van der Waals surface area contributed by atoms with Gasteiger partial charge in [-0.2, -0.15) is 0 Å². The number of hydrogen-bond donors (Lipinski definition) is 0. The lowest BCUT2D eigenvalue weighted by molar-refractivity contribution is -0.153. The van der Waals surface area contributed by atoms with E-state index in [4.69, 9.17) is 23.3 Å². The minimum atomic E-state index is -3.59. The molecule has 0 bridgehead atoms. The Morgan fingerprint density at radius 3 is 2.35 bits per heavy atom. The second-order valence-corrected chi connectivity index (χ2v) is 13.0. The standard InChI is InChI=1S/C23H39O8PS2/c1-6-30-32(26,31-7-2)17-21(25)28-16-19(24)20(29-18-27-5)11-13-23(3,4)12-9-8-10-22-33-14-15-34-22/h8-10,12,20,22H,6-7,11,13-18H2,1-5H3/b10-8+,12-9+/t20-/m0/s1. The number of carbonyl (C=O) groups is 2. The van der Waals surface area contributed by atoms with Gasteiger partial charge in [0.1, 0.15) is 19.1 Å². The average Bonchev–Trinajstić information content (AvgIpc) is 3.29. The second-order valence-electron chi connectivity index (χ2n) is 8.17. The SMILES string of the molecule is CCOP(=O)(CC(=O)OCC(=O)[C@H](CCC(C)(C)/C=C/C=C/C1SCCS1)OCOC)OCC. The maximum absolute atomic E-state index is 12.7. The number of esters is 1. The van der Waals surface area contributed by atoms with Gasteiger partial charge in [0.05, 0.1) is 17.8 Å². The van der Waals surface area contributed by atoms with Crippen LogP contribution in [0.1, 0.15) is 40.5 Å². The van der Waals surface area contributed by atoms with Crippen molar-refractivity contribution in [3.8, 4) is 0 Å². The van der Waals surface area contributed by atoms with Crippen molar-refractivity contribution in [2.75, 3.05) is 51.4 Å². The molecule has 1 atom stereocenters. The fourth-order valence-electron chi connectivity index (χ4n) is 3.00. The summed E-state index contributed by atoms with van der Waals surface area (Å²) >= 11 is 3.90. The number of carbonyl (C=O) groups excluding carboxylic acids is 2. The lowest BCUT2D eigenvalue weighted by Crippen LogP contribution is -2.31. The van der Waals surface area contributed by atoms with Gasteiger partial charge in [-0.05, 0) is 32.1 Å². The largest absolute Gasteiger partial charge is 0.457 e. The summed E-state index contributed by atoms with van der Waals surface area (Å²) in [5, 5.41) is 0. The first-order chi connectivity index (χ1) is 16.1. The van der Waals surface area contributed by atoms with E-state index in [1.54, 1.807) is 13.8 Å². The molecule has 0 amide bonds. The summed E-state index contributed by atoms with van der Waals surface area (Å²) in [7, 11) is -2.11. The minimum Gasteiger partial charge on any atom is -0.457 e. The number of methoxy groups -OCH3 is 1. The minimum absolute atomic E-state index is 0.0516. The smallest absolute Gasteiger partial charge is 0.341 e. The van der Waals surface area contributed by atoms with Crippen LogP contribution in [-0.2, 0) is 37.4 Å². The molecule has 8 nitrogen and oxygen atoms in total. The number of thioether (sulfide) groups is 2. The van der Waals surface area contributed by atoms with Crippen LogP contribution in [0.25, 0.3) is 0 Å². The van der Waals surface area contributed by atoms with Gasteiger partial charge >= 0.3 is 13.6 Å². The zero-order valence-electron chi connectivity index (χ0n) is 20.9. The Morgan fingerprint density at radius 1 is 1.12 bits per heavy atom. The van der Waals surface area contributed by atoms with Crippen LogP contribution >= 0.6 is 31.1 Å². The predicted molar refractivity (Wildman–Crippen MR) is 138 cm³/mol. The van der Waals surface area contributed by atoms with Crippen molar-refractivity contribution >= 4 is 42.9 Å². The Kier molecular flexibility index (Phi) is 15.7. The number of hydrogen-bond acceptors (Lipinski definition) is 10. The molecule has 1 aliphatic rings. The van der Waals surface area contributed by atoms with E-state index in [9.17, 15) is 14.2 Å². The number of ether oxygens (including phenoxy) is 3. The summed E-state index contributed by atoms with van der Waals surface area (Å²) in [5.74, 6) is 1.18. The topological polar surface area (TPSA) is 97.4 Å². The van der Waals surface area contributed by atoms with Crippen molar-refractivity contribution in [2.45, 2.75) is 51.2 Å². The summed E-state index contributed by atoms with van der Waals surface area (Å²) in [5.41, 5.74) is -0.159. The summed E-state index contributed by atoms with van der Waals surface area (Å²) in [6.45, 7) is 7.22. The van der Waals surface area contributed by atoms with Crippen LogP contribution in [0, 0.1) is 5.41 Å². The van der Waals surface area contributed by atoms with Crippen LogP contribution in [-0.4, -0.2) is 73.8 Å². The maximum Gasteiger partial charge on any atom is 0.341 e. The van der Waals surface area contributed by atoms with E-state index in [1.807, 2.05) is 29.6 Å². The first kappa shape index (κ1) is 31.4. The van der Waals surface area contributed by atoms with Gasteiger partial charge in [-0.15, -0.1) is 23.5 Å². The molecule has 11 heteroatoms. The molecule has 34 heavy (non-hydrogen) atoms. The van der Waals surface area contributed by atoms with E-state index < -0.39 is 32.4 Å². The molecule has 0 aromatic carbocycles. The zero-order valence-corrected chi connectivity index (χ0v) is 23.4. The normalized spacial score (nSPS) is 16.5. The highest BCUT2D eigenvalue weighted by atomic mass is 32.2. The van der Waals surface area contributed by atoms with Gasteiger partial charge in [-0.3, -0.25) is 14.2 Å². The lowest BCUT2D eigenvalue weighted by Gasteiger charge is -2.24. The molecule has 0 spiro atoms. The summed E-state index contributed by atoms with van der Waals surface area (Å²) in [6, 6.07) is 0. The highest BCUT2D eigenvalue weighted by molar-refractivity contribution is 8.20. The molecular formula is C23H39O8PS2. The van der Waals surface area contributed by atoms with E-state index in [2.05, 4.69) is 32.1 Å². The van der Waals surface area contributed by atoms with E-state index in [-0.39, 0.29) is 31.2 Å². The number of rotatable bonds is 18. The van der Waals surface area contributed by atoms with Crippen molar-refractivity contribution in [3.05, 3.63) is 24.3 Å². The molecular weight excluding hydrogens is 499 g/mol. The molecule has 1 aliphatic heterocycles. The van der Waals surface area contributed by atoms with E-state index in [0.29, 0.717) is 17.4 Å². The number of allylic oxidation sites excluding steroid dienone is 3. The fraction of sp³-hybridized carbons (Fsp3) is 0.739. The highest BCUT2D eigenvalue weighted by Crippen LogP contribution is 2.47. The Labute approximate surface area is 212 Å². The van der Waals surface area contributed by atoms with Crippen molar-refractivity contribution in [1.29, 1.82) is 0 Å². The molecule has 196 valence electrons. The van der Waals surface area contributed by atoms with Crippen molar-refractivity contribution in [1.82, 2.24) is 0 Å². The fourth-order valence-corrected chi connectivity index (χ4v) is 7.05. The zero-order chi connectivity index (χ0) is 25.5. The first-order valence-corrected chi connectivity index (χ1v) is 15.2. The molecule has 1 heterocycles. The summed E-state index contributed by atoms with van der Waals surface area (Å²) < 4.78 is 38.7. The van der Waals surface area contributed by atoms with Crippen molar-refractivity contribution in [3.63, 3.8) is 0 Å². The van der Waals surface area contributed by atoms with Gasteiger partial charge in [0.15, 0.2) is 12.4 Å². The van der Waals surface area contributed by atoms with Gasteiger partial charge in [0.2, 0.25) is 0 Å². The first-order valence-electron chi connectivity index (χ1n) is 11.4. The number of ketones is 1. The van der Waals surface area contributed by atoms with Crippen LogP contribution in [0.5, 0.6) is 0 Å². The monoisotopic (exact) mass is 538 g/mol. The highest BCUT2D eigenvalue weighted by Gasteiger charge is 2.30. The van der Waals surface area contributed by atoms with E-state index in [1.165, 1.54) is 18.6 Å².